The van der Waals surface area contributed by atoms with Gasteiger partial charge in [0.15, 0.2) is 28.7 Å². The summed E-state index contributed by atoms with van der Waals surface area (Å²) >= 11 is 0. The Morgan fingerprint density at radius 1 is 1.05 bits per heavy atom. The molecule has 1 aliphatic heterocycles. The van der Waals surface area contributed by atoms with Gasteiger partial charge in [0, 0.05) is 10.9 Å². The van der Waals surface area contributed by atoms with Gasteiger partial charge in [0.25, 0.3) is 0 Å². The Labute approximate surface area is 118 Å². The lowest BCUT2D eigenvalue weighted by Crippen LogP contribution is -1.99. The van der Waals surface area contributed by atoms with E-state index in [1.54, 1.807) is 30.3 Å². The molecule has 0 bridgehead atoms. The Balaban J connectivity index is 1.77. The van der Waals surface area contributed by atoms with Crippen molar-refractivity contribution in [1.82, 2.24) is 0 Å². The predicted octanol–water partition coefficient (Wildman–Crippen LogP) is 3.53. The van der Waals surface area contributed by atoms with Gasteiger partial charge in [-0.1, -0.05) is 12.1 Å². The number of benzene rings is 2. The SMILES string of the molecule is O=C(c1ccc2c(c1)OCO2)c1cc2cccc(F)c2o1. The Morgan fingerprint density at radius 3 is 2.76 bits per heavy atom. The van der Waals surface area contributed by atoms with Crippen LogP contribution in [0.15, 0.2) is 46.9 Å². The monoisotopic (exact) mass is 284 g/mol. The summed E-state index contributed by atoms with van der Waals surface area (Å²) in [6.07, 6.45) is 0. The van der Waals surface area contributed by atoms with Gasteiger partial charge in [-0.3, -0.25) is 4.79 Å². The van der Waals surface area contributed by atoms with Crippen molar-refractivity contribution in [1.29, 1.82) is 0 Å². The molecule has 4 rings (SSSR count). The molecule has 0 unspecified atom stereocenters. The molecule has 21 heavy (non-hydrogen) atoms. The van der Waals surface area contributed by atoms with Crippen LogP contribution < -0.4 is 9.47 Å². The molecule has 0 saturated heterocycles. The maximum absolute atomic E-state index is 13.6. The van der Waals surface area contributed by atoms with Gasteiger partial charge in [0.05, 0.1) is 0 Å². The van der Waals surface area contributed by atoms with Crippen LogP contribution in [0.5, 0.6) is 11.5 Å². The standard InChI is InChI=1S/C16H9FO4/c17-11-3-1-2-10-7-14(21-16(10)11)15(18)9-4-5-12-13(6-9)20-8-19-12/h1-7H,8H2. The van der Waals surface area contributed by atoms with Crippen molar-refractivity contribution in [2.24, 2.45) is 0 Å². The smallest absolute Gasteiger partial charge is 0.231 e. The molecule has 0 spiro atoms. The van der Waals surface area contributed by atoms with Crippen molar-refractivity contribution >= 4 is 16.8 Å². The number of hydrogen-bond donors (Lipinski definition) is 0. The van der Waals surface area contributed by atoms with Gasteiger partial charge >= 0.3 is 0 Å². The summed E-state index contributed by atoms with van der Waals surface area (Å²) in [4.78, 5) is 12.4. The molecule has 0 amide bonds. The number of furan rings is 1. The highest BCUT2D eigenvalue weighted by atomic mass is 19.1. The molecule has 0 fully saturated rings. The van der Waals surface area contributed by atoms with Crippen LogP contribution in [0.2, 0.25) is 0 Å². The van der Waals surface area contributed by atoms with Crippen LogP contribution in [0.25, 0.3) is 11.0 Å². The average Bonchev–Trinajstić information content (AvgIpc) is 3.12. The molecule has 2 aromatic carbocycles. The number of halogens is 1. The summed E-state index contributed by atoms with van der Waals surface area (Å²) in [5.74, 6) is 0.389. The fourth-order valence-electron chi connectivity index (χ4n) is 2.32. The van der Waals surface area contributed by atoms with E-state index in [1.807, 2.05) is 0 Å². The number of carbonyl (C=O) groups is 1. The number of carbonyl (C=O) groups excluding carboxylic acids is 1. The lowest BCUT2D eigenvalue weighted by atomic mass is 10.1. The minimum Gasteiger partial charge on any atom is -0.454 e. The first-order valence-corrected chi connectivity index (χ1v) is 6.35. The van der Waals surface area contributed by atoms with Crippen LogP contribution >= 0.6 is 0 Å². The van der Waals surface area contributed by atoms with E-state index < -0.39 is 5.82 Å². The Morgan fingerprint density at radius 2 is 1.90 bits per heavy atom. The molecule has 3 aromatic rings. The maximum Gasteiger partial charge on any atom is 0.231 e. The lowest BCUT2D eigenvalue weighted by molar-refractivity contribution is 0.101. The van der Waals surface area contributed by atoms with Crippen molar-refractivity contribution in [3.63, 3.8) is 0 Å². The average molecular weight is 284 g/mol. The summed E-state index contributed by atoms with van der Waals surface area (Å²) in [6, 6.07) is 11.0. The van der Waals surface area contributed by atoms with E-state index in [0.717, 1.165) is 0 Å². The predicted molar refractivity (Wildman–Crippen MR) is 72.2 cm³/mol. The number of ketones is 1. The van der Waals surface area contributed by atoms with Gasteiger partial charge in [-0.05, 0) is 30.3 Å². The fraction of sp³-hybridized carbons (Fsp3) is 0.0625. The quantitative estimate of drug-likeness (QED) is 0.675. The van der Waals surface area contributed by atoms with Crippen LogP contribution in [0.1, 0.15) is 16.1 Å². The van der Waals surface area contributed by atoms with E-state index in [9.17, 15) is 9.18 Å². The molecule has 0 aliphatic carbocycles. The van der Waals surface area contributed by atoms with Gasteiger partial charge in [-0.25, -0.2) is 4.39 Å². The highest BCUT2D eigenvalue weighted by Crippen LogP contribution is 2.33. The van der Waals surface area contributed by atoms with Gasteiger partial charge < -0.3 is 13.9 Å². The first-order chi connectivity index (χ1) is 10.2. The number of hydrogen-bond acceptors (Lipinski definition) is 4. The van der Waals surface area contributed by atoms with Crippen LogP contribution in [0.4, 0.5) is 4.39 Å². The molecule has 0 atom stereocenters. The van der Waals surface area contributed by atoms with Gasteiger partial charge in [0.2, 0.25) is 12.6 Å². The van der Waals surface area contributed by atoms with E-state index in [4.69, 9.17) is 13.9 Å². The Hall–Kier alpha value is -2.82. The molecule has 2 heterocycles. The number of rotatable bonds is 2. The topological polar surface area (TPSA) is 48.7 Å². The second kappa shape index (κ2) is 4.34. The zero-order valence-corrected chi connectivity index (χ0v) is 10.8. The van der Waals surface area contributed by atoms with Gasteiger partial charge in [-0.2, -0.15) is 0 Å². The van der Waals surface area contributed by atoms with Crippen LogP contribution in [0, 0.1) is 5.82 Å². The molecular formula is C16H9FO4. The molecule has 1 aliphatic rings. The minimum atomic E-state index is -0.489. The van der Waals surface area contributed by atoms with Gasteiger partial charge in [-0.15, -0.1) is 0 Å². The van der Waals surface area contributed by atoms with Crippen molar-refractivity contribution in [2.75, 3.05) is 6.79 Å². The molecular weight excluding hydrogens is 275 g/mol. The first kappa shape index (κ1) is 12.0. The Kier molecular flexibility index (Phi) is 2.47. The third kappa shape index (κ3) is 1.86. The number of ether oxygens (including phenoxy) is 2. The third-order valence-electron chi connectivity index (χ3n) is 3.35. The summed E-state index contributed by atoms with van der Waals surface area (Å²) < 4.78 is 29.4. The van der Waals surface area contributed by atoms with E-state index >= 15 is 0 Å². The Bertz CT molecular complexity index is 866. The first-order valence-electron chi connectivity index (χ1n) is 6.35. The van der Waals surface area contributed by atoms with Gasteiger partial charge in [0.1, 0.15) is 0 Å². The summed E-state index contributed by atoms with van der Waals surface area (Å²) in [5.41, 5.74) is 0.486. The normalized spacial score (nSPS) is 12.8. The maximum atomic E-state index is 13.6. The second-order valence-corrected chi connectivity index (χ2v) is 4.67. The van der Waals surface area contributed by atoms with E-state index in [-0.39, 0.29) is 23.9 Å². The molecule has 104 valence electrons. The van der Waals surface area contributed by atoms with E-state index in [0.29, 0.717) is 22.4 Å². The van der Waals surface area contributed by atoms with E-state index in [2.05, 4.69) is 0 Å². The third-order valence-corrected chi connectivity index (χ3v) is 3.35. The van der Waals surface area contributed by atoms with Crippen molar-refractivity contribution in [2.45, 2.75) is 0 Å². The van der Waals surface area contributed by atoms with Crippen molar-refractivity contribution < 1.29 is 23.1 Å². The largest absolute Gasteiger partial charge is 0.454 e. The zero-order valence-electron chi connectivity index (χ0n) is 10.8. The van der Waals surface area contributed by atoms with Crippen LogP contribution in [-0.2, 0) is 0 Å². The van der Waals surface area contributed by atoms with Crippen LogP contribution in [0.3, 0.4) is 0 Å². The van der Waals surface area contributed by atoms with Crippen molar-refractivity contribution in [3.05, 3.63) is 59.6 Å². The highest BCUT2D eigenvalue weighted by molar-refractivity contribution is 6.09. The molecule has 5 heteroatoms. The highest BCUT2D eigenvalue weighted by Gasteiger charge is 2.20. The number of fused-ring (bicyclic) bond motifs is 2. The zero-order chi connectivity index (χ0) is 14.4. The lowest BCUT2D eigenvalue weighted by Gasteiger charge is -2.00. The number of para-hydroxylation sites is 1. The van der Waals surface area contributed by atoms with Crippen LogP contribution in [-0.4, -0.2) is 12.6 Å². The molecule has 1 aromatic heterocycles. The summed E-state index contributed by atoms with van der Waals surface area (Å²) in [5, 5.41) is 0.555. The second-order valence-electron chi connectivity index (χ2n) is 4.67. The molecule has 0 saturated carbocycles. The minimum absolute atomic E-state index is 0.0848. The summed E-state index contributed by atoms with van der Waals surface area (Å²) in [7, 11) is 0. The fourth-order valence-corrected chi connectivity index (χ4v) is 2.32. The molecule has 0 N–H and O–H groups in total. The van der Waals surface area contributed by atoms with E-state index in [1.165, 1.54) is 12.1 Å². The molecule has 0 radical (unpaired) electrons. The van der Waals surface area contributed by atoms with Crippen molar-refractivity contribution in [3.8, 4) is 11.5 Å². The molecule has 4 nitrogen and oxygen atoms in total. The summed E-state index contributed by atoms with van der Waals surface area (Å²) in [6.45, 7) is 0.142.